The highest BCUT2D eigenvalue weighted by Crippen LogP contribution is 2.25. The summed E-state index contributed by atoms with van der Waals surface area (Å²) >= 11 is 0. The molecule has 1 aliphatic rings. The Balaban J connectivity index is 1.64. The Hall–Kier alpha value is -2.38. The highest BCUT2D eigenvalue weighted by atomic mass is 32.2. The van der Waals surface area contributed by atoms with Crippen LogP contribution in [0.3, 0.4) is 0 Å². The number of rotatable bonds is 6. The van der Waals surface area contributed by atoms with Gasteiger partial charge in [-0.3, -0.25) is 4.79 Å². The largest absolute Gasteiger partial charge is 0.369 e. The number of nitrogens with zero attached hydrogens (tertiary/aromatic N) is 2. The molecule has 2 aromatic rings. The molecule has 0 aromatic heterocycles. The van der Waals surface area contributed by atoms with Crippen LogP contribution in [0.5, 0.6) is 0 Å². The first-order chi connectivity index (χ1) is 13.7. The molecule has 1 heterocycles. The summed E-state index contributed by atoms with van der Waals surface area (Å²) in [4.78, 5) is 17.4. The molecule has 29 heavy (non-hydrogen) atoms. The maximum atomic E-state index is 12.5. The van der Waals surface area contributed by atoms with E-state index in [0.717, 1.165) is 44.0 Å². The third-order valence-corrected chi connectivity index (χ3v) is 6.12. The van der Waals surface area contributed by atoms with Gasteiger partial charge in [0.25, 0.3) is 5.91 Å². The zero-order chi connectivity index (χ0) is 21.0. The molecule has 156 valence electrons. The summed E-state index contributed by atoms with van der Waals surface area (Å²) in [6.07, 6.45) is 1.20. The van der Waals surface area contributed by atoms with E-state index in [0.29, 0.717) is 11.1 Å². The van der Waals surface area contributed by atoms with E-state index in [2.05, 4.69) is 35.0 Å². The van der Waals surface area contributed by atoms with E-state index in [4.69, 9.17) is 0 Å². The number of amides is 1. The SMILES string of the molecule is CCN1CCN(c2ccc(NC(=O)c3ccc(CS(C)(=O)=O)cc3)cc2C)CC1. The first kappa shape index (κ1) is 21.3. The lowest BCUT2D eigenvalue weighted by molar-refractivity contribution is 0.102. The molecule has 1 N–H and O–H groups in total. The van der Waals surface area contributed by atoms with Gasteiger partial charge >= 0.3 is 0 Å². The summed E-state index contributed by atoms with van der Waals surface area (Å²) in [5.41, 5.74) is 4.27. The highest BCUT2D eigenvalue weighted by Gasteiger charge is 2.17. The number of aryl methyl sites for hydroxylation is 1. The number of nitrogens with one attached hydrogen (secondary N) is 1. The predicted octanol–water partition coefficient (Wildman–Crippen LogP) is 2.93. The fourth-order valence-electron chi connectivity index (χ4n) is 3.65. The number of sulfone groups is 1. The Kier molecular flexibility index (Phi) is 6.59. The molecule has 1 aliphatic heterocycles. The number of likely N-dealkylation sites (N-methyl/N-ethyl adjacent to an activating group) is 1. The van der Waals surface area contributed by atoms with Crippen molar-refractivity contribution in [1.82, 2.24) is 4.90 Å². The van der Waals surface area contributed by atoms with Crippen molar-refractivity contribution < 1.29 is 13.2 Å². The summed E-state index contributed by atoms with van der Waals surface area (Å²) in [6, 6.07) is 12.7. The van der Waals surface area contributed by atoms with Gasteiger partial charge in [-0.05, 0) is 54.9 Å². The van der Waals surface area contributed by atoms with Gasteiger partial charge in [-0.2, -0.15) is 0 Å². The summed E-state index contributed by atoms with van der Waals surface area (Å²) in [5, 5.41) is 2.93. The number of carbonyl (C=O) groups excluding carboxylic acids is 1. The van der Waals surface area contributed by atoms with Crippen LogP contribution in [0.2, 0.25) is 0 Å². The molecule has 1 saturated heterocycles. The van der Waals surface area contributed by atoms with Gasteiger partial charge in [0.15, 0.2) is 9.84 Å². The Morgan fingerprint density at radius 2 is 1.69 bits per heavy atom. The molecule has 0 radical (unpaired) electrons. The number of hydrogen-bond donors (Lipinski definition) is 1. The molecule has 0 aliphatic carbocycles. The molecule has 0 unspecified atom stereocenters. The van der Waals surface area contributed by atoms with Crippen LogP contribution in [0.4, 0.5) is 11.4 Å². The van der Waals surface area contributed by atoms with Gasteiger partial charge < -0.3 is 15.1 Å². The maximum Gasteiger partial charge on any atom is 0.255 e. The van der Waals surface area contributed by atoms with E-state index >= 15 is 0 Å². The van der Waals surface area contributed by atoms with E-state index in [1.807, 2.05) is 12.1 Å². The molecule has 2 aromatic carbocycles. The van der Waals surface area contributed by atoms with Gasteiger partial charge in [0.05, 0.1) is 5.75 Å². The second-order valence-corrected chi connectivity index (χ2v) is 9.78. The lowest BCUT2D eigenvalue weighted by Crippen LogP contribution is -2.46. The average Bonchev–Trinajstić information content (AvgIpc) is 2.67. The summed E-state index contributed by atoms with van der Waals surface area (Å²) in [5.74, 6) is -0.234. The topological polar surface area (TPSA) is 69.7 Å². The summed E-state index contributed by atoms with van der Waals surface area (Å²) in [7, 11) is -3.09. The molecular weight excluding hydrogens is 386 g/mol. The van der Waals surface area contributed by atoms with Crippen molar-refractivity contribution in [3.8, 4) is 0 Å². The van der Waals surface area contributed by atoms with Crippen LogP contribution >= 0.6 is 0 Å². The minimum absolute atomic E-state index is 0.0257. The maximum absolute atomic E-state index is 12.5. The van der Waals surface area contributed by atoms with Crippen LogP contribution in [-0.2, 0) is 15.6 Å². The van der Waals surface area contributed by atoms with E-state index in [1.54, 1.807) is 24.3 Å². The van der Waals surface area contributed by atoms with Crippen LogP contribution < -0.4 is 10.2 Å². The quantitative estimate of drug-likeness (QED) is 0.786. The molecule has 0 spiro atoms. The smallest absolute Gasteiger partial charge is 0.255 e. The van der Waals surface area contributed by atoms with E-state index < -0.39 is 9.84 Å². The van der Waals surface area contributed by atoms with Crippen molar-refractivity contribution in [3.05, 3.63) is 59.2 Å². The van der Waals surface area contributed by atoms with E-state index in [1.165, 1.54) is 11.9 Å². The lowest BCUT2D eigenvalue weighted by atomic mass is 10.1. The molecule has 6 nitrogen and oxygen atoms in total. The van der Waals surface area contributed by atoms with Gasteiger partial charge in [0.2, 0.25) is 0 Å². The number of benzene rings is 2. The zero-order valence-electron chi connectivity index (χ0n) is 17.3. The van der Waals surface area contributed by atoms with Crippen LogP contribution in [0, 0.1) is 6.92 Å². The van der Waals surface area contributed by atoms with Gasteiger partial charge in [-0.1, -0.05) is 19.1 Å². The molecule has 1 amide bonds. The van der Waals surface area contributed by atoms with Crippen molar-refractivity contribution in [2.75, 3.05) is 49.2 Å². The number of carbonyl (C=O) groups is 1. The number of piperazine rings is 1. The molecule has 0 atom stereocenters. The standard InChI is InChI=1S/C22H29N3O3S/c1-4-24-11-13-25(14-12-24)21-10-9-20(15-17(21)2)23-22(26)19-7-5-18(6-8-19)16-29(3,27)28/h5-10,15H,4,11-14,16H2,1-3H3,(H,23,26). The first-order valence-electron chi connectivity index (χ1n) is 9.91. The van der Waals surface area contributed by atoms with Crippen molar-refractivity contribution in [2.24, 2.45) is 0 Å². The Labute approximate surface area is 173 Å². The van der Waals surface area contributed by atoms with Crippen LogP contribution in [0.1, 0.15) is 28.4 Å². The molecule has 0 saturated carbocycles. The monoisotopic (exact) mass is 415 g/mol. The van der Waals surface area contributed by atoms with Gasteiger partial charge in [0, 0.05) is 49.4 Å². The van der Waals surface area contributed by atoms with E-state index in [9.17, 15) is 13.2 Å². The molecule has 0 bridgehead atoms. The Morgan fingerprint density at radius 3 is 2.24 bits per heavy atom. The van der Waals surface area contributed by atoms with Crippen LogP contribution in [0.25, 0.3) is 0 Å². The first-order valence-corrected chi connectivity index (χ1v) is 12.0. The van der Waals surface area contributed by atoms with E-state index in [-0.39, 0.29) is 11.7 Å². The minimum Gasteiger partial charge on any atom is -0.369 e. The normalized spacial score (nSPS) is 15.3. The zero-order valence-corrected chi connectivity index (χ0v) is 18.1. The second kappa shape index (κ2) is 8.97. The molecular formula is C22H29N3O3S. The fourth-order valence-corrected chi connectivity index (χ4v) is 4.45. The third kappa shape index (κ3) is 5.81. The third-order valence-electron chi connectivity index (χ3n) is 5.26. The average molecular weight is 416 g/mol. The Bertz CT molecular complexity index is 963. The van der Waals surface area contributed by atoms with Gasteiger partial charge in [-0.15, -0.1) is 0 Å². The van der Waals surface area contributed by atoms with Crippen LogP contribution in [-0.4, -0.2) is 58.2 Å². The minimum atomic E-state index is -3.09. The summed E-state index contributed by atoms with van der Waals surface area (Å²) in [6.45, 7) is 9.52. The van der Waals surface area contributed by atoms with Crippen molar-refractivity contribution >= 4 is 27.1 Å². The predicted molar refractivity (Wildman–Crippen MR) is 118 cm³/mol. The lowest BCUT2D eigenvalue weighted by Gasteiger charge is -2.36. The van der Waals surface area contributed by atoms with Gasteiger partial charge in [0.1, 0.15) is 0 Å². The van der Waals surface area contributed by atoms with Crippen molar-refractivity contribution in [1.29, 1.82) is 0 Å². The molecule has 3 rings (SSSR count). The van der Waals surface area contributed by atoms with Crippen LogP contribution in [0.15, 0.2) is 42.5 Å². The summed E-state index contributed by atoms with van der Waals surface area (Å²) < 4.78 is 22.8. The van der Waals surface area contributed by atoms with Gasteiger partial charge in [-0.25, -0.2) is 8.42 Å². The Morgan fingerprint density at radius 1 is 1.03 bits per heavy atom. The highest BCUT2D eigenvalue weighted by molar-refractivity contribution is 7.89. The fraction of sp³-hybridized carbons (Fsp3) is 0.409. The second-order valence-electron chi connectivity index (χ2n) is 7.64. The number of anilines is 2. The molecule has 1 fully saturated rings. The van der Waals surface area contributed by atoms with Crippen molar-refractivity contribution in [2.45, 2.75) is 19.6 Å². The number of hydrogen-bond acceptors (Lipinski definition) is 5. The van der Waals surface area contributed by atoms with Crippen molar-refractivity contribution in [3.63, 3.8) is 0 Å². The molecule has 7 heteroatoms.